The fraction of sp³-hybridized carbons (Fsp3) is 0.700. The van der Waals surface area contributed by atoms with Gasteiger partial charge in [-0.3, -0.25) is 4.79 Å². The number of methoxy groups -OCH3 is 1. The minimum absolute atomic E-state index is 0.0229. The van der Waals surface area contributed by atoms with Crippen LogP contribution in [0.5, 0.6) is 0 Å². The zero-order chi connectivity index (χ0) is 15.0. The number of rotatable bonds is 8. The maximum atomic E-state index is 11.6. The van der Waals surface area contributed by atoms with E-state index in [0.717, 1.165) is 4.90 Å². The number of aliphatic hydroxyl groups excluding tert-OH is 1. The number of carboxylic acids is 2. The van der Waals surface area contributed by atoms with E-state index in [1.165, 1.54) is 14.2 Å². The number of hydrogen-bond acceptors (Lipinski definition) is 5. The highest BCUT2D eigenvalue weighted by atomic mass is 16.5. The second-order valence-corrected chi connectivity index (χ2v) is 3.93. The molecule has 0 saturated heterocycles. The molecular formula is C10H18N2O7. The summed E-state index contributed by atoms with van der Waals surface area (Å²) in [5.41, 5.74) is 0. The van der Waals surface area contributed by atoms with Crippen molar-refractivity contribution in [2.75, 3.05) is 27.3 Å². The van der Waals surface area contributed by atoms with E-state index in [1.54, 1.807) is 0 Å². The summed E-state index contributed by atoms with van der Waals surface area (Å²) in [4.78, 5) is 33.8. The predicted octanol–water partition coefficient (Wildman–Crippen LogP) is -1.44. The molecule has 0 fully saturated rings. The van der Waals surface area contributed by atoms with Gasteiger partial charge in [-0.2, -0.15) is 0 Å². The van der Waals surface area contributed by atoms with Gasteiger partial charge in [0.2, 0.25) is 0 Å². The first-order valence-corrected chi connectivity index (χ1v) is 5.41. The summed E-state index contributed by atoms with van der Waals surface area (Å²) in [6.07, 6.45) is -1.64. The number of nitrogens with one attached hydrogen (secondary N) is 1. The number of likely N-dealkylation sites (N-methyl/N-ethyl adjacent to an activating group) is 1. The quantitative estimate of drug-likeness (QED) is 0.427. The highest BCUT2D eigenvalue weighted by molar-refractivity contribution is 5.86. The van der Waals surface area contributed by atoms with Crippen LogP contribution in [-0.2, 0) is 14.3 Å². The lowest BCUT2D eigenvalue weighted by atomic mass is 10.2. The molecule has 19 heavy (non-hydrogen) atoms. The molecule has 2 atom stereocenters. The van der Waals surface area contributed by atoms with Crippen molar-refractivity contribution in [2.45, 2.75) is 18.6 Å². The third kappa shape index (κ3) is 7.21. The lowest BCUT2D eigenvalue weighted by molar-refractivity contribution is -0.145. The van der Waals surface area contributed by atoms with Crippen LogP contribution in [0.15, 0.2) is 0 Å². The van der Waals surface area contributed by atoms with Gasteiger partial charge in [-0.05, 0) is 0 Å². The molecule has 0 aromatic carbocycles. The Morgan fingerprint density at radius 2 is 1.89 bits per heavy atom. The van der Waals surface area contributed by atoms with E-state index in [0.29, 0.717) is 0 Å². The fourth-order valence-corrected chi connectivity index (χ4v) is 1.28. The van der Waals surface area contributed by atoms with Crippen LogP contribution in [-0.4, -0.2) is 77.6 Å². The Kier molecular flexibility index (Phi) is 7.46. The molecule has 4 N–H and O–H groups in total. The van der Waals surface area contributed by atoms with E-state index >= 15 is 0 Å². The average molecular weight is 278 g/mol. The molecule has 0 spiro atoms. The van der Waals surface area contributed by atoms with Gasteiger partial charge in [0.05, 0.1) is 25.7 Å². The number of aliphatic carboxylic acids is 2. The number of nitrogens with zero attached hydrogens (tertiary/aromatic N) is 1. The fourth-order valence-electron chi connectivity index (χ4n) is 1.28. The van der Waals surface area contributed by atoms with Crippen molar-refractivity contribution in [3.05, 3.63) is 0 Å². The van der Waals surface area contributed by atoms with E-state index in [-0.39, 0.29) is 13.2 Å². The first-order chi connectivity index (χ1) is 8.77. The lowest BCUT2D eigenvalue weighted by Gasteiger charge is -2.22. The second-order valence-electron chi connectivity index (χ2n) is 3.93. The number of aliphatic hydroxyl groups is 1. The summed E-state index contributed by atoms with van der Waals surface area (Å²) in [7, 11) is 2.73. The monoisotopic (exact) mass is 278 g/mol. The van der Waals surface area contributed by atoms with Crippen molar-refractivity contribution in [2.24, 2.45) is 0 Å². The summed E-state index contributed by atoms with van der Waals surface area (Å²) in [6.45, 7) is -0.0474. The van der Waals surface area contributed by atoms with Crippen LogP contribution >= 0.6 is 0 Å². The molecule has 0 aliphatic carbocycles. The van der Waals surface area contributed by atoms with E-state index in [9.17, 15) is 19.5 Å². The molecule has 1 unspecified atom stereocenters. The van der Waals surface area contributed by atoms with Crippen molar-refractivity contribution >= 4 is 18.0 Å². The zero-order valence-corrected chi connectivity index (χ0v) is 10.7. The third-order valence-electron chi connectivity index (χ3n) is 2.16. The lowest BCUT2D eigenvalue weighted by Crippen LogP contribution is -2.49. The minimum Gasteiger partial charge on any atom is -0.481 e. The molecule has 0 radical (unpaired) electrons. The average Bonchev–Trinajstić information content (AvgIpc) is 2.27. The summed E-state index contributed by atoms with van der Waals surface area (Å²) >= 11 is 0. The first kappa shape index (κ1) is 17.1. The molecule has 0 aromatic rings. The number of urea groups is 1. The van der Waals surface area contributed by atoms with Gasteiger partial charge in [-0.25, -0.2) is 9.59 Å². The van der Waals surface area contributed by atoms with Gasteiger partial charge in [-0.15, -0.1) is 0 Å². The van der Waals surface area contributed by atoms with E-state index in [1.807, 2.05) is 5.32 Å². The molecule has 2 amide bonds. The van der Waals surface area contributed by atoms with Gasteiger partial charge in [-0.1, -0.05) is 0 Å². The molecule has 0 aliphatic rings. The second kappa shape index (κ2) is 8.27. The van der Waals surface area contributed by atoms with Gasteiger partial charge in [0, 0.05) is 14.2 Å². The van der Waals surface area contributed by atoms with Crippen LogP contribution in [0.3, 0.4) is 0 Å². The Morgan fingerprint density at radius 1 is 1.32 bits per heavy atom. The van der Waals surface area contributed by atoms with E-state index in [4.69, 9.17) is 10.2 Å². The smallest absolute Gasteiger partial charge is 0.326 e. The Balaban J connectivity index is 4.38. The van der Waals surface area contributed by atoms with E-state index in [2.05, 4.69) is 4.74 Å². The summed E-state index contributed by atoms with van der Waals surface area (Å²) in [6, 6.07) is -2.31. The molecule has 9 heteroatoms. The molecule has 0 heterocycles. The summed E-state index contributed by atoms with van der Waals surface area (Å²) < 4.78 is 4.68. The molecule has 9 nitrogen and oxygen atoms in total. The first-order valence-electron chi connectivity index (χ1n) is 5.41. The number of hydrogen-bond donors (Lipinski definition) is 4. The molecule has 110 valence electrons. The molecular weight excluding hydrogens is 260 g/mol. The normalized spacial score (nSPS) is 13.4. The molecule has 0 aliphatic heterocycles. The van der Waals surface area contributed by atoms with Crippen LogP contribution in [0.2, 0.25) is 0 Å². The topological polar surface area (TPSA) is 136 Å². The van der Waals surface area contributed by atoms with Crippen LogP contribution in [0, 0.1) is 0 Å². The Labute approximate surface area is 109 Å². The van der Waals surface area contributed by atoms with Crippen LogP contribution in [0.1, 0.15) is 6.42 Å². The van der Waals surface area contributed by atoms with Crippen LogP contribution in [0.25, 0.3) is 0 Å². The van der Waals surface area contributed by atoms with Gasteiger partial charge in [0.15, 0.2) is 0 Å². The number of amides is 2. The Morgan fingerprint density at radius 3 is 2.32 bits per heavy atom. The SMILES string of the molecule is COCC(O)CN(C)C(=O)N[C@H](CC(=O)O)C(=O)O. The number of carbonyl (C=O) groups excluding carboxylic acids is 1. The number of carboxylic acid groups (broad SMARTS) is 2. The van der Waals surface area contributed by atoms with Crippen molar-refractivity contribution in [3.8, 4) is 0 Å². The van der Waals surface area contributed by atoms with Gasteiger partial charge in [0.1, 0.15) is 6.04 Å². The van der Waals surface area contributed by atoms with Crippen molar-refractivity contribution in [3.63, 3.8) is 0 Å². The van der Waals surface area contributed by atoms with Gasteiger partial charge < -0.3 is 30.3 Å². The van der Waals surface area contributed by atoms with Crippen molar-refractivity contribution in [1.29, 1.82) is 0 Å². The van der Waals surface area contributed by atoms with Gasteiger partial charge in [0.25, 0.3) is 0 Å². The standard InChI is InChI=1S/C10H18N2O7/c1-12(4-6(13)5-19-2)10(18)11-7(9(16)17)3-8(14)15/h6-7,13H,3-5H2,1-2H3,(H,11,18)(H,14,15)(H,16,17)/t6?,7-/m1/s1. The maximum absolute atomic E-state index is 11.6. The minimum atomic E-state index is -1.52. The van der Waals surface area contributed by atoms with E-state index < -0.39 is 36.5 Å². The molecule has 0 saturated carbocycles. The van der Waals surface area contributed by atoms with Crippen LogP contribution < -0.4 is 5.32 Å². The van der Waals surface area contributed by atoms with Crippen molar-refractivity contribution in [1.82, 2.24) is 10.2 Å². The summed E-state index contributed by atoms with van der Waals surface area (Å²) in [5.74, 6) is -2.78. The largest absolute Gasteiger partial charge is 0.481 e. The Bertz CT molecular complexity index is 334. The highest BCUT2D eigenvalue weighted by Gasteiger charge is 2.25. The summed E-state index contributed by atoms with van der Waals surface area (Å²) in [5, 5.41) is 28.7. The molecule has 0 rings (SSSR count). The molecule has 0 bridgehead atoms. The number of carbonyl (C=O) groups is 3. The highest BCUT2D eigenvalue weighted by Crippen LogP contribution is 1.97. The predicted molar refractivity (Wildman–Crippen MR) is 62.7 cm³/mol. The molecule has 0 aromatic heterocycles. The van der Waals surface area contributed by atoms with Crippen molar-refractivity contribution < 1.29 is 34.4 Å². The zero-order valence-electron chi connectivity index (χ0n) is 10.7. The van der Waals surface area contributed by atoms with Gasteiger partial charge >= 0.3 is 18.0 Å². The third-order valence-corrected chi connectivity index (χ3v) is 2.16. The Hall–Kier alpha value is -1.87. The maximum Gasteiger partial charge on any atom is 0.326 e. The number of ether oxygens (including phenoxy) is 1. The van der Waals surface area contributed by atoms with Crippen LogP contribution in [0.4, 0.5) is 4.79 Å².